The summed E-state index contributed by atoms with van der Waals surface area (Å²) in [7, 11) is 1.82. The van der Waals surface area contributed by atoms with E-state index in [1.807, 2.05) is 18.0 Å². The van der Waals surface area contributed by atoms with Crippen molar-refractivity contribution in [2.45, 2.75) is 37.5 Å². The predicted octanol–water partition coefficient (Wildman–Crippen LogP) is 2.73. The van der Waals surface area contributed by atoms with Gasteiger partial charge in [0, 0.05) is 18.6 Å². The molecule has 2 aliphatic rings. The van der Waals surface area contributed by atoms with Crippen LogP contribution >= 0.6 is 0 Å². The third kappa shape index (κ3) is 4.32. The first-order valence-corrected chi connectivity index (χ1v) is 8.29. The molecule has 1 aromatic rings. The van der Waals surface area contributed by atoms with Gasteiger partial charge < -0.3 is 10.1 Å². The summed E-state index contributed by atoms with van der Waals surface area (Å²) in [4.78, 5) is 5.91. The molecule has 0 bridgehead atoms. The molecule has 0 fully saturated rings. The van der Waals surface area contributed by atoms with E-state index < -0.39 is 18.4 Å². The lowest BCUT2D eigenvalue weighted by atomic mass is 10.1. The van der Waals surface area contributed by atoms with Gasteiger partial charge in [-0.1, -0.05) is 30.3 Å². The summed E-state index contributed by atoms with van der Waals surface area (Å²) in [6.07, 6.45) is 3.64. The van der Waals surface area contributed by atoms with E-state index in [1.165, 1.54) is 11.2 Å². The predicted molar refractivity (Wildman–Crippen MR) is 92.9 cm³/mol. The Labute approximate surface area is 150 Å². The Morgan fingerprint density at radius 3 is 2.65 bits per heavy atom. The molecule has 0 aromatic heterocycles. The van der Waals surface area contributed by atoms with Crippen LogP contribution in [-0.2, 0) is 6.54 Å². The average molecular weight is 366 g/mol. The standard InChI is InChI=1S/C18H21F3N4O/c1-24(15-3-2-9-22-11-15)17(26)14-6-4-13(5-7-14)12-25-10-8-16(23-25)18(19,20)21/h2,4-11,15-17,23,26H,3,12H2,1H3. The normalized spacial score (nSPS) is 23.8. The van der Waals surface area contributed by atoms with Gasteiger partial charge in [-0.3, -0.25) is 9.89 Å². The van der Waals surface area contributed by atoms with Crippen molar-refractivity contribution in [2.75, 3.05) is 7.05 Å². The molecule has 2 heterocycles. The van der Waals surface area contributed by atoms with Crippen molar-refractivity contribution in [1.82, 2.24) is 15.3 Å². The fourth-order valence-corrected chi connectivity index (χ4v) is 2.89. The number of alkyl halides is 3. The zero-order chi connectivity index (χ0) is 18.7. The van der Waals surface area contributed by atoms with Gasteiger partial charge in [-0.05, 0) is 30.7 Å². The van der Waals surface area contributed by atoms with Crippen LogP contribution in [0.25, 0.3) is 0 Å². The Hall–Kier alpha value is -2.16. The second-order valence-electron chi connectivity index (χ2n) is 6.38. The molecule has 0 aliphatic carbocycles. The van der Waals surface area contributed by atoms with E-state index in [-0.39, 0.29) is 6.04 Å². The SMILES string of the molecule is CN(C1C=NC=CC1)C(O)c1ccc(CN2C=CC(C(F)(F)F)N2)cc1. The molecule has 1 aromatic carbocycles. The smallest absolute Gasteiger partial charge is 0.374 e. The summed E-state index contributed by atoms with van der Waals surface area (Å²) < 4.78 is 38.0. The van der Waals surface area contributed by atoms with Crippen LogP contribution in [0.1, 0.15) is 23.8 Å². The molecule has 5 nitrogen and oxygen atoms in total. The highest BCUT2D eigenvalue weighted by atomic mass is 19.4. The molecule has 2 aliphatic heterocycles. The van der Waals surface area contributed by atoms with Crippen LogP contribution in [-0.4, -0.2) is 46.5 Å². The number of nitrogens with zero attached hydrogens (tertiary/aromatic N) is 3. The number of aliphatic imine (C=N–C) groups is 1. The second kappa shape index (κ2) is 7.61. The molecule has 3 rings (SSSR count). The van der Waals surface area contributed by atoms with Gasteiger partial charge in [0.2, 0.25) is 0 Å². The van der Waals surface area contributed by atoms with E-state index in [0.29, 0.717) is 6.54 Å². The summed E-state index contributed by atoms with van der Waals surface area (Å²) in [5.74, 6) is 0. The number of aliphatic hydroxyl groups excluding tert-OH is 1. The molecule has 0 amide bonds. The highest BCUT2D eigenvalue weighted by Gasteiger charge is 2.40. The molecule has 26 heavy (non-hydrogen) atoms. The van der Waals surface area contributed by atoms with Crippen LogP contribution in [0.5, 0.6) is 0 Å². The van der Waals surface area contributed by atoms with Crippen molar-refractivity contribution in [3.63, 3.8) is 0 Å². The Bertz CT molecular complexity index is 699. The maximum atomic E-state index is 12.7. The Balaban J connectivity index is 1.58. The first-order chi connectivity index (χ1) is 12.3. The van der Waals surface area contributed by atoms with Crippen LogP contribution in [0.2, 0.25) is 0 Å². The molecule has 0 radical (unpaired) electrons. The van der Waals surface area contributed by atoms with E-state index in [2.05, 4.69) is 10.4 Å². The lowest BCUT2D eigenvalue weighted by Gasteiger charge is -2.30. The molecule has 0 spiro atoms. The first-order valence-electron chi connectivity index (χ1n) is 8.29. The van der Waals surface area contributed by atoms with Gasteiger partial charge in [0.1, 0.15) is 12.3 Å². The lowest BCUT2D eigenvalue weighted by molar-refractivity contribution is -0.149. The Kier molecular flexibility index (Phi) is 5.45. The minimum absolute atomic E-state index is 0.0212. The first kappa shape index (κ1) is 18.6. The lowest BCUT2D eigenvalue weighted by Crippen LogP contribution is -2.43. The van der Waals surface area contributed by atoms with Crippen molar-refractivity contribution in [2.24, 2.45) is 4.99 Å². The monoisotopic (exact) mass is 366 g/mol. The number of nitrogens with one attached hydrogen (secondary N) is 1. The van der Waals surface area contributed by atoms with Crippen LogP contribution in [0.15, 0.2) is 53.8 Å². The number of hydrazine groups is 1. The number of hydrogen-bond acceptors (Lipinski definition) is 5. The van der Waals surface area contributed by atoms with Crippen molar-refractivity contribution in [3.8, 4) is 0 Å². The highest BCUT2D eigenvalue weighted by Crippen LogP contribution is 2.25. The quantitative estimate of drug-likeness (QED) is 0.787. The van der Waals surface area contributed by atoms with Gasteiger partial charge in [0.25, 0.3) is 0 Å². The summed E-state index contributed by atoms with van der Waals surface area (Å²) >= 11 is 0. The number of halogens is 3. The molecule has 140 valence electrons. The van der Waals surface area contributed by atoms with E-state index in [1.54, 1.807) is 36.7 Å². The Morgan fingerprint density at radius 2 is 2.08 bits per heavy atom. The minimum Gasteiger partial charge on any atom is -0.374 e. The summed E-state index contributed by atoms with van der Waals surface area (Å²) in [6.45, 7) is 0.301. The van der Waals surface area contributed by atoms with E-state index >= 15 is 0 Å². The molecular weight excluding hydrogens is 345 g/mol. The molecule has 0 saturated heterocycles. The van der Waals surface area contributed by atoms with Crippen molar-refractivity contribution in [3.05, 3.63) is 59.9 Å². The number of hydrogen-bond donors (Lipinski definition) is 2. The number of rotatable bonds is 5. The molecule has 8 heteroatoms. The fraction of sp³-hybridized carbons (Fsp3) is 0.389. The molecule has 2 N–H and O–H groups in total. The van der Waals surface area contributed by atoms with Crippen LogP contribution in [0.3, 0.4) is 0 Å². The number of aliphatic hydroxyl groups is 1. The van der Waals surface area contributed by atoms with Crippen LogP contribution in [0.4, 0.5) is 13.2 Å². The summed E-state index contributed by atoms with van der Waals surface area (Å²) in [6, 6.07) is 5.55. The van der Waals surface area contributed by atoms with Gasteiger partial charge >= 0.3 is 6.18 Å². The molecule has 3 atom stereocenters. The minimum atomic E-state index is -4.30. The van der Waals surface area contributed by atoms with Gasteiger partial charge in [-0.25, -0.2) is 5.43 Å². The van der Waals surface area contributed by atoms with Gasteiger partial charge in [0.15, 0.2) is 0 Å². The summed E-state index contributed by atoms with van der Waals surface area (Å²) in [5.41, 5.74) is 3.95. The van der Waals surface area contributed by atoms with E-state index in [9.17, 15) is 18.3 Å². The topological polar surface area (TPSA) is 51.1 Å². The van der Waals surface area contributed by atoms with Gasteiger partial charge in [-0.15, -0.1) is 0 Å². The Morgan fingerprint density at radius 1 is 1.35 bits per heavy atom. The largest absolute Gasteiger partial charge is 0.409 e. The van der Waals surface area contributed by atoms with Gasteiger partial charge in [-0.2, -0.15) is 13.2 Å². The van der Waals surface area contributed by atoms with Crippen LogP contribution < -0.4 is 5.43 Å². The zero-order valence-electron chi connectivity index (χ0n) is 14.3. The maximum absolute atomic E-state index is 12.7. The van der Waals surface area contributed by atoms with Gasteiger partial charge in [0.05, 0.1) is 12.6 Å². The van der Waals surface area contributed by atoms with E-state index in [0.717, 1.165) is 23.6 Å². The zero-order valence-corrected chi connectivity index (χ0v) is 14.3. The second-order valence-corrected chi connectivity index (χ2v) is 6.38. The highest BCUT2D eigenvalue weighted by molar-refractivity contribution is 5.66. The molecular formula is C18H21F3N4O. The van der Waals surface area contributed by atoms with E-state index in [4.69, 9.17) is 0 Å². The van der Waals surface area contributed by atoms with Crippen molar-refractivity contribution >= 4 is 6.21 Å². The summed E-state index contributed by atoms with van der Waals surface area (Å²) in [5, 5.41) is 11.9. The number of benzene rings is 1. The third-order valence-electron chi connectivity index (χ3n) is 4.48. The third-order valence-corrected chi connectivity index (χ3v) is 4.48. The van der Waals surface area contributed by atoms with Crippen molar-refractivity contribution < 1.29 is 18.3 Å². The maximum Gasteiger partial charge on any atom is 0.409 e. The molecule has 0 saturated carbocycles. The van der Waals surface area contributed by atoms with Crippen LogP contribution in [0, 0.1) is 0 Å². The molecule has 3 unspecified atom stereocenters. The average Bonchev–Trinajstić information content (AvgIpc) is 3.11. The van der Waals surface area contributed by atoms with Crippen molar-refractivity contribution in [1.29, 1.82) is 0 Å². The fourth-order valence-electron chi connectivity index (χ4n) is 2.89.